The molecule has 24 heavy (non-hydrogen) atoms. The van der Waals surface area contributed by atoms with Crippen molar-refractivity contribution in [1.82, 2.24) is 4.98 Å². The number of hydrogen-bond acceptors (Lipinski definition) is 3. The monoisotopic (exact) mass is 321 g/mol. The summed E-state index contributed by atoms with van der Waals surface area (Å²) in [6, 6.07) is 16.9. The molecule has 0 saturated carbocycles. The number of halogens is 1. The van der Waals surface area contributed by atoms with E-state index in [9.17, 15) is 9.18 Å². The van der Waals surface area contributed by atoms with Gasteiger partial charge in [0.25, 0.3) is 5.91 Å². The largest absolute Gasteiger partial charge is 0.354 e. The van der Waals surface area contributed by atoms with Crippen LogP contribution in [-0.4, -0.2) is 10.9 Å². The molecule has 0 aliphatic rings. The Balaban J connectivity index is 1.66. The molecule has 1 aromatic heterocycles. The predicted octanol–water partition coefficient (Wildman–Crippen LogP) is 4.53. The minimum Gasteiger partial charge on any atom is -0.354 e. The lowest BCUT2D eigenvalue weighted by Gasteiger charge is -2.08. The summed E-state index contributed by atoms with van der Waals surface area (Å²) in [6.45, 7) is 1.94. The number of rotatable bonds is 4. The topological polar surface area (TPSA) is 54.0 Å². The van der Waals surface area contributed by atoms with Crippen LogP contribution in [0.1, 0.15) is 15.9 Å². The number of hydrogen-bond donors (Lipinski definition) is 2. The molecule has 2 aromatic carbocycles. The summed E-state index contributed by atoms with van der Waals surface area (Å²) >= 11 is 0. The molecular formula is C19H16FN3O. The van der Waals surface area contributed by atoms with Gasteiger partial charge in [-0.1, -0.05) is 17.7 Å². The zero-order valence-corrected chi connectivity index (χ0v) is 13.1. The SMILES string of the molecule is Cc1cccc(C(=O)Nc2ccc(Nc3ccc(F)cc3)cn2)c1. The standard InChI is InChI=1S/C19H16FN3O/c1-13-3-2-4-14(11-13)19(24)23-18-10-9-17(12-21-18)22-16-7-5-15(20)6-8-16/h2-12,22H,1H3,(H,21,23,24). The Bertz CT molecular complexity index is 845. The first-order chi connectivity index (χ1) is 11.6. The number of pyridine rings is 1. The highest BCUT2D eigenvalue weighted by molar-refractivity contribution is 6.03. The van der Waals surface area contributed by atoms with Gasteiger partial charge >= 0.3 is 0 Å². The molecule has 0 aliphatic carbocycles. The van der Waals surface area contributed by atoms with E-state index in [4.69, 9.17) is 0 Å². The molecule has 0 bridgehead atoms. The van der Waals surface area contributed by atoms with E-state index < -0.39 is 0 Å². The highest BCUT2D eigenvalue weighted by Crippen LogP contribution is 2.17. The molecule has 120 valence electrons. The molecule has 1 amide bonds. The van der Waals surface area contributed by atoms with E-state index in [1.807, 2.05) is 25.1 Å². The molecule has 0 spiro atoms. The van der Waals surface area contributed by atoms with Gasteiger partial charge in [0.2, 0.25) is 0 Å². The summed E-state index contributed by atoms with van der Waals surface area (Å²) in [5.41, 5.74) is 3.12. The molecule has 0 aliphatic heterocycles. The number of aryl methyl sites for hydroxylation is 1. The van der Waals surface area contributed by atoms with Crippen LogP contribution in [-0.2, 0) is 0 Å². The van der Waals surface area contributed by atoms with Crippen LogP contribution in [0.25, 0.3) is 0 Å². The van der Waals surface area contributed by atoms with Crippen LogP contribution in [0.15, 0.2) is 66.9 Å². The zero-order chi connectivity index (χ0) is 16.9. The van der Waals surface area contributed by atoms with Crippen LogP contribution in [0, 0.1) is 12.7 Å². The predicted molar refractivity (Wildman–Crippen MR) is 93.1 cm³/mol. The van der Waals surface area contributed by atoms with Crippen LogP contribution in [0.3, 0.4) is 0 Å². The molecule has 0 unspecified atom stereocenters. The van der Waals surface area contributed by atoms with E-state index in [2.05, 4.69) is 15.6 Å². The lowest BCUT2D eigenvalue weighted by Crippen LogP contribution is -2.13. The molecule has 0 fully saturated rings. The Morgan fingerprint density at radius 3 is 2.42 bits per heavy atom. The van der Waals surface area contributed by atoms with Gasteiger partial charge in [0.05, 0.1) is 11.9 Å². The van der Waals surface area contributed by atoms with Crippen molar-refractivity contribution in [2.75, 3.05) is 10.6 Å². The lowest BCUT2D eigenvalue weighted by molar-refractivity contribution is 0.102. The minimum absolute atomic E-state index is 0.203. The third kappa shape index (κ3) is 3.95. The number of aromatic nitrogens is 1. The summed E-state index contributed by atoms with van der Waals surface area (Å²) in [4.78, 5) is 16.4. The van der Waals surface area contributed by atoms with Gasteiger partial charge in [0, 0.05) is 11.3 Å². The van der Waals surface area contributed by atoms with Crippen molar-refractivity contribution in [2.24, 2.45) is 0 Å². The minimum atomic E-state index is -0.284. The van der Waals surface area contributed by atoms with Gasteiger partial charge in [-0.2, -0.15) is 0 Å². The number of anilines is 3. The summed E-state index contributed by atoms with van der Waals surface area (Å²) in [6.07, 6.45) is 1.61. The molecule has 3 rings (SSSR count). The van der Waals surface area contributed by atoms with E-state index in [1.54, 1.807) is 36.5 Å². The van der Waals surface area contributed by atoms with Crippen molar-refractivity contribution in [3.63, 3.8) is 0 Å². The Morgan fingerprint density at radius 2 is 1.75 bits per heavy atom. The Labute approximate surface area is 139 Å². The Morgan fingerprint density at radius 1 is 1.00 bits per heavy atom. The molecule has 5 heteroatoms. The van der Waals surface area contributed by atoms with Gasteiger partial charge in [-0.3, -0.25) is 4.79 Å². The summed E-state index contributed by atoms with van der Waals surface area (Å²) in [5.74, 6) is -0.0236. The molecule has 2 N–H and O–H groups in total. The third-order valence-electron chi connectivity index (χ3n) is 3.42. The van der Waals surface area contributed by atoms with E-state index in [0.717, 1.165) is 16.9 Å². The number of nitrogens with one attached hydrogen (secondary N) is 2. The van der Waals surface area contributed by atoms with Crippen LogP contribution < -0.4 is 10.6 Å². The summed E-state index contributed by atoms with van der Waals surface area (Å²) in [5, 5.41) is 5.87. The second-order valence-electron chi connectivity index (χ2n) is 5.39. The van der Waals surface area contributed by atoms with Crippen LogP contribution in [0.5, 0.6) is 0 Å². The molecule has 0 saturated heterocycles. The normalized spacial score (nSPS) is 10.2. The van der Waals surface area contributed by atoms with Crippen molar-refractivity contribution < 1.29 is 9.18 Å². The number of carbonyl (C=O) groups excluding carboxylic acids is 1. The van der Waals surface area contributed by atoms with Crippen molar-refractivity contribution in [3.05, 3.63) is 83.8 Å². The fourth-order valence-corrected chi connectivity index (χ4v) is 2.22. The van der Waals surface area contributed by atoms with E-state index >= 15 is 0 Å². The average molecular weight is 321 g/mol. The van der Waals surface area contributed by atoms with Gasteiger partial charge in [0.1, 0.15) is 11.6 Å². The molecule has 3 aromatic rings. The molecule has 0 atom stereocenters. The first-order valence-electron chi connectivity index (χ1n) is 7.47. The fraction of sp³-hybridized carbons (Fsp3) is 0.0526. The number of carbonyl (C=O) groups is 1. The van der Waals surface area contributed by atoms with Crippen molar-refractivity contribution in [3.8, 4) is 0 Å². The first kappa shape index (κ1) is 15.7. The first-order valence-corrected chi connectivity index (χ1v) is 7.47. The van der Waals surface area contributed by atoms with Gasteiger partial charge in [-0.15, -0.1) is 0 Å². The van der Waals surface area contributed by atoms with Gasteiger partial charge < -0.3 is 10.6 Å². The fourth-order valence-electron chi connectivity index (χ4n) is 2.22. The maximum absolute atomic E-state index is 12.9. The van der Waals surface area contributed by atoms with E-state index in [0.29, 0.717) is 11.4 Å². The maximum atomic E-state index is 12.9. The van der Waals surface area contributed by atoms with Crippen molar-refractivity contribution >= 4 is 23.1 Å². The third-order valence-corrected chi connectivity index (χ3v) is 3.42. The average Bonchev–Trinajstić information content (AvgIpc) is 2.59. The van der Waals surface area contributed by atoms with Gasteiger partial charge in [-0.05, 0) is 55.5 Å². The molecule has 1 heterocycles. The highest BCUT2D eigenvalue weighted by atomic mass is 19.1. The Kier molecular flexibility index (Phi) is 4.52. The molecule has 4 nitrogen and oxygen atoms in total. The second kappa shape index (κ2) is 6.91. The molecular weight excluding hydrogens is 305 g/mol. The smallest absolute Gasteiger partial charge is 0.256 e. The van der Waals surface area contributed by atoms with Crippen LogP contribution >= 0.6 is 0 Å². The zero-order valence-electron chi connectivity index (χ0n) is 13.1. The maximum Gasteiger partial charge on any atom is 0.256 e. The van der Waals surface area contributed by atoms with E-state index in [-0.39, 0.29) is 11.7 Å². The van der Waals surface area contributed by atoms with Crippen molar-refractivity contribution in [2.45, 2.75) is 6.92 Å². The highest BCUT2D eigenvalue weighted by Gasteiger charge is 2.06. The number of nitrogens with zero attached hydrogens (tertiary/aromatic N) is 1. The number of benzene rings is 2. The van der Waals surface area contributed by atoms with Gasteiger partial charge in [-0.25, -0.2) is 9.37 Å². The number of amides is 1. The molecule has 0 radical (unpaired) electrons. The van der Waals surface area contributed by atoms with Crippen LogP contribution in [0.4, 0.5) is 21.6 Å². The van der Waals surface area contributed by atoms with Crippen LogP contribution in [0.2, 0.25) is 0 Å². The van der Waals surface area contributed by atoms with E-state index in [1.165, 1.54) is 12.1 Å². The summed E-state index contributed by atoms with van der Waals surface area (Å²) in [7, 11) is 0. The Hall–Kier alpha value is -3.21. The lowest BCUT2D eigenvalue weighted by atomic mass is 10.1. The van der Waals surface area contributed by atoms with Gasteiger partial charge in [0.15, 0.2) is 0 Å². The van der Waals surface area contributed by atoms with Crippen molar-refractivity contribution in [1.29, 1.82) is 0 Å². The quantitative estimate of drug-likeness (QED) is 0.742. The second-order valence-corrected chi connectivity index (χ2v) is 5.39. The summed E-state index contributed by atoms with van der Waals surface area (Å²) < 4.78 is 12.9.